The quantitative estimate of drug-likeness (QED) is 0.324. The van der Waals surface area contributed by atoms with Crippen molar-refractivity contribution in [3.63, 3.8) is 0 Å². The second-order valence-corrected chi connectivity index (χ2v) is 9.61. The number of hydrogen-bond donors (Lipinski definition) is 2. The van der Waals surface area contributed by atoms with Crippen molar-refractivity contribution in [3.05, 3.63) is 77.9 Å². The summed E-state index contributed by atoms with van der Waals surface area (Å²) in [6, 6.07) is 14.2. The van der Waals surface area contributed by atoms with Crippen LogP contribution in [-0.2, 0) is 27.2 Å². The van der Waals surface area contributed by atoms with E-state index in [9.17, 15) is 14.4 Å². The smallest absolute Gasteiger partial charge is 0.407 e. The molecule has 0 aliphatic carbocycles. The van der Waals surface area contributed by atoms with Crippen molar-refractivity contribution >= 4 is 29.2 Å². The fourth-order valence-corrected chi connectivity index (χ4v) is 3.76. The van der Waals surface area contributed by atoms with Gasteiger partial charge in [-0.1, -0.05) is 18.2 Å². The van der Waals surface area contributed by atoms with E-state index in [0.29, 0.717) is 28.3 Å². The first kappa shape index (κ1) is 27.2. The van der Waals surface area contributed by atoms with Crippen LogP contribution in [0.2, 0.25) is 0 Å². The van der Waals surface area contributed by atoms with Crippen molar-refractivity contribution in [3.8, 4) is 11.4 Å². The predicted octanol–water partition coefficient (Wildman–Crippen LogP) is 4.17. The Morgan fingerprint density at radius 1 is 1.05 bits per heavy atom. The van der Waals surface area contributed by atoms with E-state index in [-0.39, 0.29) is 25.3 Å². The molecular formula is C28H30N6O5. The highest BCUT2D eigenvalue weighted by molar-refractivity contribution is 6.08. The first-order chi connectivity index (χ1) is 18.6. The third kappa shape index (κ3) is 7.16. The van der Waals surface area contributed by atoms with Crippen LogP contribution in [-0.4, -0.2) is 49.8 Å². The number of alkyl carbamates (subject to hydrolysis) is 1. The molecule has 1 aromatic carbocycles. The average molecular weight is 531 g/mol. The number of hydrogen-bond acceptors (Lipinski definition) is 8. The van der Waals surface area contributed by atoms with Gasteiger partial charge in [0, 0.05) is 24.5 Å². The zero-order valence-electron chi connectivity index (χ0n) is 22.2. The Morgan fingerprint density at radius 3 is 2.64 bits per heavy atom. The summed E-state index contributed by atoms with van der Waals surface area (Å²) in [7, 11) is 0. The summed E-state index contributed by atoms with van der Waals surface area (Å²) in [5.41, 5.74) is 2.29. The number of nitrogens with zero attached hydrogens (tertiary/aromatic N) is 4. The number of nitrogens with one attached hydrogen (secondary N) is 2. The highest BCUT2D eigenvalue weighted by atomic mass is 16.6. The lowest BCUT2D eigenvalue weighted by molar-refractivity contribution is -0.142. The number of ether oxygens (including phenoxy) is 2. The van der Waals surface area contributed by atoms with Crippen molar-refractivity contribution in [2.45, 2.75) is 46.3 Å². The molecule has 39 heavy (non-hydrogen) atoms. The number of esters is 1. The summed E-state index contributed by atoms with van der Waals surface area (Å²) in [5, 5.41) is 10.1. The van der Waals surface area contributed by atoms with Crippen molar-refractivity contribution in [1.29, 1.82) is 0 Å². The SMILES string of the molecule is CCOC(=O)Cc1ncccc1NC(=O)c1nc(-c2cccc(CNC(=O)OC(C)(C)C)c2)nn2cccc12. The van der Waals surface area contributed by atoms with Crippen molar-refractivity contribution in [2.24, 2.45) is 0 Å². The third-order valence-electron chi connectivity index (χ3n) is 5.38. The molecule has 2 N–H and O–H groups in total. The van der Waals surface area contributed by atoms with Gasteiger partial charge in [0.05, 0.1) is 29.9 Å². The number of anilines is 1. The van der Waals surface area contributed by atoms with Gasteiger partial charge in [-0.05, 0) is 63.6 Å². The van der Waals surface area contributed by atoms with E-state index in [1.165, 1.54) is 0 Å². The summed E-state index contributed by atoms with van der Waals surface area (Å²) < 4.78 is 11.9. The van der Waals surface area contributed by atoms with Gasteiger partial charge >= 0.3 is 12.1 Å². The number of pyridine rings is 1. The Labute approximate surface area is 225 Å². The number of carbonyl (C=O) groups is 3. The summed E-state index contributed by atoms with van der Waals surface area (Å²) in [6.45, 7) is 7.61. The largest absolute Gasteiger partial charge is 0.466 e. The number of carbonyl (C=O) groups excluding carboxylic acids is 3. The Hall–Kier alpha value is -4.80. The van der Waals surface area contributed by atoms with E-state index in [1.807, 2.05) is 24.3 Å². The summed E-state index contributed by atoms with van der Waals surface area (Å²) in [6.07, 6.45) is 2.67. The van der Waals surface area contributed by atoms with Gasteiger partial charge in [0.25, 0.3) is 5.91 Å². The molecule has 0 radical (unpaired) electrons. The van der Waals surface area contributed by atoms with Crippen LogP contribution in [0.1, 0.15) is 49.4 Å². The molecule has 0 aliphatic heterocycles. The molecule has 0 atom stereocenters. The van der Waals surface area contributed by atoms with Gasteiger partial charge in [-0.3, -0.25) is 14.6 Å². The van der Waals surface area contributed by atoms with Crippen molar-refractivity contribution < 1.29 is 23.9 Å². The van der Waals surface area contributed by atoms with E-state index in [4.69, 9.17) is 9.47 Å². The number of amides is 2. The first-order valence-corrected chi connectivity index (χ1v) is 12.5. The molecule has 11 nitrogen and oxygen atoms in total. The third-order valence-corrected chi connectivity index (χ3v) is 5.38. The van der Waals surface area contributed by atoms with E-state index in [1.54, 1.807) is 68.9 Å². The molecule has 4 aromatic rings. The fraction of sp³-hybridized carbons (Fsp3) is 0.286. The van der Waals surface area contributed by atoms with Gasteiger partial charge in [0.2, 0.25) is 0 Å². The molecule has 0 spiro atoms. The van der Waals surface area contributed by atoms with E-state index in [2.05, 4.69) is 25.7 Å². The van der Waals surface area contributed by atoms with Gasteiger partial charge in [-0.25, -0.2) is 14.3 Å². The Morgan fingerprint density at radius 2 is 1.87 bits per heavy atom. The van der Waals surface area contributed by atoms with Crippen LogP contribution in [0.15, 0.2) is 60.9 Å². The Balaban J connectivity index is 1.59. The second kappa shape index (κ2) is 11.7. The van der Waals surface area contributed by atoms with Gasteiger partial charge in [-0.2, -0.15) is 0 Å². The van der Waals surface area contributed by atoms with E-state index in [0.717, 1.165) is 5.56 Å². The molecule has 0 unspecified atom stereocenters. The van der Waals surface area contributed by atoms with Crippen molar-refractivity contribution in [1.82, 2.24) is 24.9 Å². The molecule has 0 saturated carbocycles. The highest BCUT2D eigenvalue weighted by Gasteiger charge is 2.20. The van der Waals surface area contributed by atoms with Crippen LogP contribution in [0.25, 0.3) is 16.9 Å². The number of rotatable bonds is 8. The maximum Gasteiger partial charge on any atom is 0.407 e. The maximum atomic E-state index is 13.4. The molecule has 4 rings (SSSR count). The highest BCUT2D eigenvalue weighted by Crippen LogP contribution is 2.21. The molecule has 3 heterocycles. The van der Waals surface area contributed by atoms with Gasteiger partial charge < -0.3 is 20.1 Å². The van der Waals surface area contributed by atoms with Crippen molar-refractivity contribution in [2.75, 3.05) is 11.9 Å². The topological polar surface area (TPSA) is 137 Å². The number of benzene rings is 1. The lowest BCUT2D eigenvalue weighted by Gasteiger charge is -2.19. The molecule has 3 aromatic heterocycles. The van der Waals surface area contributed by atoms with Gasteiger partial charge in [-0.15, -0.1) is 5.10 Å². The monoisotopic (exact) mass is 530 g/mol. The van der Waals surface area contributed by atoms with Crippen LogP contribution >= 0.6 is 0 Å². The summed E-state index contributed by atoms with van der Waals surface area (Å²) >= 11 is 0. The number of aromatic nitrogens is 4. The lowest BCUT2D eigenvalue weighted by Crippen LogP contribution is -2.32. The van der Waals surface area contributed by atoms with Crippen LogP contribution in [0, 0.1) is 0 Å². The molecular weight excluding hydrogens is 500 g/mol. The Bertz CT molecular complexity index is 1510. The van der Waals surface area contributed by atoms with Crippen LogP contribution in [0.5, 0.6) is 0 Å². The predicted molar refractivity (Wildman–Crippen MR) is 144 cm³/mol. The minimum atomic E-state index is -0.599. The molecule has 0 fully saturated rings. The summed E-state index contributed by atoms with van der Waals surface area (Å²) in [5.74, 6) is -0.602. The van der Waals surface area contributed by atoms with Gasteiger partial charge in [0.1, 0.15) is 5.60 Å². The summed E-state index contributed by atoms with van der Waals surface area (Å²) in [4.78, 5) is 46.3. The average Bonchev–Trinajstić information content (AvgIpc) is 3.36. The standard InChI is InChI=1S/C28H30N6O5/c1-5-38-23(35)16-21-20(11-7-13-29-21)31-26(36)24-22-12-8-14-34(22)33-25(32-24)19-10-6-9-18(15-19)17-30-27(37)39-28(2,3)4/h6-15H,5,16-17H2,1-4H3,(H,30,37)(H,31,36). The molecule has 0 saturated heterocycles. The van der Waals surface area contributed by atoms with Crippen LogP contribution in [0.4, 0.5) is 10.5 Å². The fourth-order valence-electron chi connectivity index (χ4n) is 3.76. The lowest BCUT2D eigenvalue weighted by atomic mass is 10.1. The second-order valence-electron chi connectivity index (χ2n) is 9.61. The van der Waals surface area contributed by atoms with Gasteiger partial charge in [0.15, 0.2) is 11.5 Å². The van der Waals surface area contributed by atoms with Crippen LogP contribution in [0.3, 0.4) is 0 Å². The van der Waals surface area contributed by atoms with E-state index >= 15 is 0 Å². The van der Waals surface area contributed by atoms with Crippen LogP contribution < -0.4 is 10.6 Å². The Kier molecular flexibility index (Phi) is 8.18. The molecule has 2 amide bonds. The molecule has 0 bridgehead atoms. The molecule has 202 valence electrons. The maximum absolute atomic E-state index is 13.4. The first-order valence-electron chi connectivity index (χ1n) is 12.5. The zero-order chi connectivity index (χ0) is 28.0. The normalized spacial score (nSPS) is 11.2. The molecule has 11 heteroatoms. The minimum Gasteiger partial charge on any atom is -0.466 e. The minimum absolute atomic E-state index is 0.0794. The number of fused-ring (bicyclic) bond motifs is 1. The molecule has 0 aliphatic rings. The zero-order valence-corrected chi connectivity index (χ0v) is 22.2. The van der Waals surface area contributed by atoms with E-state index < -0.39 is 23.6 Å².